The summed E-state index contributed by atoms with van der Waals surface area (Å²) in [7, 11) is -1.38. The lowest BCUT2D eigenvalue weighted by Crippen LogP contribution is -2.16. The highest BCUT2D eigenvalue weighted by Gasteiger charge is 2.09. The first-order valence-electron chi connectivity index (χ1n) is 7.05. The summed E-state index contributed by atoms with van der Waals surface area (Å²) in [6.07, 6.45) is 5.52. The number of rotatable bonds is 1. The van der Waals surface area contributed by atoms with E-state index in [0.717, 1.165) is 22.2 Å². The molecule has 0 amide bonds. The molecule has 1 aromatic carbocycles. The Morgan fingerprint density at radius 1 is 1.18 bits per heavy atom. The number of benzene rings is 1. The van der Waals surface area contributed by atoms with Gasteiger partial charge in [0.2, 0.25) is 0 Å². The van der Waals surface area contributed by atoms with E-state index in [0.29, 0.717) is 5.02 Å². The standard InChI is InChI=1S/C17H16ClN3Si/c1-22(2,3)9-7-13-11-20-21(12-13)17-6-8-19-16-10-14(18)4-5-15(16)17/h4-6,8,10-12H,1-3H3. The van der Waals surface area contributed by atoms with Crippen molar-refractivity contribution >= 4 is 30.6 Å². The molecule has 110 valence electrons. The van der Waals surface area contributed by atoms with E-state index in [1.165, 1.54) is 0 Å². The van der Waals surface area contributed by atoms with Crippen LogP contribution in [0, 0.1) is 11.5 Å². The van der Waals surface area contributed by atoms with Crippen molar-refractivity contribution in [1.82, 2.24) is 14.8 Å². The fourth-order valence-electron chi connectivity index (χ4n) is 2.08. The Labute approximate surface area is 136 Å². The zero-order valence-corrected chi connectivity index (χ0v) is 14.5. The van der Waals surface area contributed by atoms with Gasteiger partial charge in [0.05, 0.1) is 23.0 Å². The zero-order chi connectivity index (χ0) is 15.7. The van der Waals surface area contributed by atoms with E-state index in [1.54, 1.807) is 12.4 Å². The van der Waals surface area contributed by atoms with Crippen molar-refractivity contribution in [1.29, 1.82) is 0 Å². The molecular formula is C17H16ClN3Si. The zero-order valence-electron chi connectivity index (χ0n) is 12.8. The van der Waals surface area contributed by atoms with Crippen molar-refractivity contribution in [2.24, 2.45) is 0 Å². The maximum Gasteiger partial charge on any atom is 0.129 e. The molecule has 0 N–H and O–H groups in total. The maximum absolute atomic E-state index is 6.03. The summed E-state index contributed by atoms with van der Waals surface area (Å²) in [5.74, 6) is 3.22. The summed E-state index contributed by atoms with van der Waals surface area (Å²) in [5, 5.41) is 6.12. The molecule has 0 radical (unpaired) electrons. The van der Waals surface area contributed by atoms with Gasteiger partial charge in [-0.2, -0.15) is 5.10 Å². The van der Waals surface area contributed by atoms with Gasteiger partial charge in [0.1, 0.15) is 8.07 Å². The van der Waals surface area contributed by atoms with Crippen molar-refractivity contribution in [3.05, 3.63) is 53.4 Å². The summed E-state index contributed by atoms with van der Waals surface area (Å²) in [6.45, 7) is 6.68. The Morgan fingerprint density at radius 2 is 2.00 bits per heavy atom. The number of fused-ring (bicyclic) bond motifs is 1. The highest BCUT2D eigenvalue weighted by Crippen LogP contribution is 2.23. The first kappa shape index (κ1) is 14.8. The molecule has 2 heterocycles. The Balaban J connectivity index is 2.05. The Morgan fingerprint density at radius 3 is 2.77 bits per heavy atom. The van der Waals surface area contributed by atoms with Crippen LogP contribution in [0.3, 0.4) is 0 Å². The molecule has 3 rings (SSSR count). The number of hydrogen-bond donors (Lipinski definition) is 0. The van der Waals surface area contributed by atoms with Gasteiger partial charge in [-0.1, -0.05) is 37.2 Å². The third-order valence-electron chi connectivity index (χ3n) is 3.09. The predicted molar refractivity (Wildman–Crippen MR) is 94.1 cm³/mol. The molecule has 0 saturated carbocycles. The van der Waals surface area contributed by atoms with Gasteiger partial charge in [-0.3, -0.25) is 4.98 Å². The van der Waals surface area contributed by atoms with E-state index in [2.05, 4.69) is 41.2 Å². The molecule has 0 atom stereocenters. The SMILES string of the molecule is C[Si](C)(C)C#Cc1cnn(-c2ccnc3cc(Cl)ccc23)c1. The first-order valence-corrected chi connectivity index (χ1v) is 10.9. The van der Waals surface area contributed by atoms with Crippen LogP contribution in [0.5, 0.6) is 0 Å². The van der Waals surface area contributed by atoms with Gasteiger partial charge < -0.3 is 0 Å². The lowest BCUT2D eigenvalue weighted by atomic mass is 10.2. The van der Waals surface area contributed by atoms with Crippen molar-refractivity contribution in [3.8, 4) is 17.2 Å². The highest BCUT2D eigenvalue weighted by atomic mass is 35.5. The van der Waals surface area contributed by atoms with Crippen LogP contribution in [0.1, 0.15) is 5.56 Å². The lowest BCUT2D eigenvalue weighted by molar-refractivity contribution is 0.886. The van der Waals surface area contributed by atoms with Crippen LogP contribution in [0.15, 0.2) is 42.9 Å². The topological polar surface area (TPSA) is 30.7 Å². The highest BCUT2D eigenvalue weighted by molar-refractivity contribution is 6.83. The van der Waals surface area contributed by atoms with Crippen LogP contribution in [0.2, 0.25) is 24.7 Å². The Bertz CT molecular complexity index is 897. The molecule has 22 heavy (non-hydrogen) atoms. The van der Waals surface area contributed by atoms with Gasteiger partial charge in [-0.15, -0.1) is 5.54 Å². The normalized spacial score (nSPS) is 11.3. The van der Waals surface area contributed by atoms with Gasteiger partial charge in [0.15, 0.2) is 0 Å². The quantitative estimate of drug-likeness (QED) is 0.493. The summed E-state index contributed by atoms with van der Waals surface area (Å²) in [6, 6.07) is 7.63. The van der Waals surface area contributed by atoms with Gasteiger partial charge in [0.25, 0.3) is 0 Å². The summed E-state index contributed by atoms with van der Waals surface area (Å²) >= 11 is 6.03. The molecule has 0 spiro atoms. The largest absolute Gasteiger partial charge is 0.256 e. The number of aromatic nitrogens is 3. The minimum Gasteiger partial charge on any atom is -0.256 e. The molecule has 0 fully saturated rings. The van der Waals surface area contributed by atoms with Crippen LogP contribution in [-0.2, 0) is 0 Å². The van der Waals surface area contributed by atoms with E-state index < -0.39 is 8.07 Å². The van der Waals surface area contributed by atoms with E-state index >= 15 is 0 Å². The van der Waals surface area contributed by atoms with Crippen LogP contribution < -0.4 is 0 Å². The van der Waals surface area contributed by atoms with Gasteiger partial charge in [-0.25, -0.2) is 4.68 Å². The second-order valence-electron chi connectivity index (χ2n) is 6.17. The van der Waals surface area contributed by atoms with E-state index in [9.17, 15) is 0 Å². The molecule has 0 saturated heterocycles. The lowest BCUT2D eigenvalue weighted by Gasteiger charge is -2.06. The molecule has 0 aliphatic heterocycles. The van der Waals surface area contributed by atoms with Crippen LogP contribution in [-0.4, -0.2) is 22.8 Å². The number of nitrogens with zero attached hydrogens (tertiary/aromatic N) is 3. The molecule has 0 bridgehead atoms. The van der Waals surface area contributed by atoms with Crippen molar-refractivity contribution in [2.45, 2.75) is 19.6 Å². The Kier molecular flexibility index (Phi) is 3.77. The molecule has 5 heteroatoms. The smallest absolute Gasteiger partial charge is 0.129 e. The third kappa shape index (κ3) is 3.21. The molecule has 2 aromatic heterocycles. The number of hydrogen-bond acceptors (Lipinski definition) is 2. The molecule has 0 unspecified atom stereocenters. The number of halogens is 1. The minimum atomic E-state index is -1.38. The maximum atomic E-state index is 6.03. The van der Waals surface area contributed by atoms with Crippen molar-refractivity contribution < 1.29 is 0 Å². The van der Waals surface area contributed by atoms with Gasteiger partial charge in [-0.05, 0) is 24.3 Å². The van der Waals surface area contributed by atoms with Gasteiger partial charge in [0, 0.05) is 22.8 Å². The fourth-order valence-corrected chi connectivity index (χ4v) is 2.77. The first-order chi connectivity index (χ1) is 10.4. The molecule has 3 aromatic rings. The van der Waals surface area contributed by atoms with Crippen molar-refractivity contribution in [2.75, 3.05) is 0 Å². The molecule has 0 aliphatic rings. The van der Waals surface area contributed by atoms with Gasteiger partial charge >= 0.3 is 0 Å². The molecule has 3 nitrogen and oxygen atoms in total. The fraction of sp³-hybridized carbons (Fsp3) is 0.176. The Hall–Kier alpha value is -2.09. The average Bonchev–Trinajstić information content (AvgIpc) is 2.92. The molecular weight excluding hydrogens is 310 g/mol. The van der Waals surface area contributed by atoms with E-state index in [1.807, 2.05) is 35.1 Å². The van der Waals surface area contributed by atoms with Crippen molar-refractivity contribution in [3.63, 3.8) is 0 Å². The van der Waals surface area contributed by atoms with E-state index in [-0.39, 0.29) is 0 Å². The summed E-state index contributed by atoms with van der Waals surface area (Å²) in [4.78, 5) is 4.36. The summed E-state index contributed by atoms with van der Waals surface area (Å²) < 4.78 is 1.84. The number of pyridine rings is 1. The second kappa shape index (κ2) is 5.60. The van der Waals surface area contributed by atoms with Crippen LogP contribution in [0.4, 0.5) is 0 Å². The second-order valence-corrected chi connectivity index (χ2v) is 11.4. The van der Waals surface area contributed by atoms with Crippen LogP contribution in [0.25, 0.3) is 16.6 Å². The summed E-state index contributed by atoms with van der Waals surface area (Å²) in [5.41, 5.74) is 6.12. The molecule has 0 aliphatic carbocycles. The predicted octanol–water partition coefficient (Wildman–Crippen LogP) is 4.30. The monoisotopic (exact) mass is 325 g/mol. The third-order valence-corrected chi connectivity index (χ3v) is 4.20. The average molecular weight is 326 g/mol. The van der Waals surface area contributed by atoms with E-state index in [4.69, 9.17) is 11.6 Å². The minimum absolute atomic E-state index is 0.680. The van der Waals surface area contributed by atoms with Crippen LogP contribution >= 0.6 is 11.6 Å².